The van der Waals surface area contributed by atoms with Crippen LogP contribution in [0.1, 0.15) is 28.8 Å². The van der Waals surface area contributed by atoms with Gasteiger partial charge in [-0.1, -0.05) is 12.1 Å². The van der Waals surface area contributed by atoms with Gasteiger partial charge in [-0.2, -0.15) is 5.10 Å². The van der Waals surface area contributed by atoms with E-state index in [-0.39, 0.29) is 11.2 Å². The smallest absolute Gasteiger partial charge is 0.254 e. The fraction of sp³-hybridized carbons (Fsp3) is 0.444. The largest absolute Gasteiger partial charge is 0.369 e. The van der Waals surface area contributed by atoms with Crippen molar-refractivity contribution in [3.8, 4) is 0 Å². The second-order valence-electron chi connectivity index (χ2n) is 7.12. The third kappa shape index (κ3) is 3.11. The Balaban J connectivity index is 1.32. The Labute approximate surface area is 145 Å². The molecule has 132 valence electrons. The fourth-order valence-corrected chi connectivity index (χ4v) is 3.61. The number of hydrogen-bond acceptors (Lipinski definition) is 4. The first-order valence-corrected chi connectivity index (χ1v) is 8.64. The number of halogens is 1. The van der Waals surface area contributed by atoms with E-state index in [2.05, 4.69) is 15.7 Å². The van der Waals surface area contributed by atoms with E-state index < -0.39 is 5.91 Å². The molecule has 2 heterocycles. The Morgan fingerprint density at radius 1 is 1.40 bits per heavy atom. The Bertz CT molecular complexity index is 781. The number of primary amides is 1. The van der Waals surface area contributed by atoms with Crippen molar-refractivity contribution in [1.29, 1.82) is 0 Å². The summed E-state index contributed by atoms with van der Waals surface area (Å²) in [6.07, 6.45) is 3.80. The molecule has 2 aromatic rings. The lowest BCUT2D eigenvalue weighted by Gasteiger charge is -2.26. The minimum atomic E-state index is -0.458. The summed E-state index contributed by atoms with van der Waals surface area (Å²) in [4.78, 5) is 11.4. The maximum Gasteiger partial charge on any atom is 0.254 e. The maximum absolute atomic E-state index is 13.1. The summed E-state index contributed by atoms with van der Waals surface area (Å²) in [5.41, 5.74) is 7.16. The van der Waals surface area contributed by atoms with Gasteiger partial charge >= 0.3 is 0 Å². The van der Waals surface area contributed by atoms with Gasteiger partial charge < -0.3 is 16.4 Å². The molecule has 1 aromatic carbocycles. The van der Waals surface area contributed by atoms with Crippen LogP contribution in [0.5, 0.6) is 0 Å². The van der Waals surface area contributed by atoms with E-state index in [4.69, 9.17) is 5.73 Å². The molecule has 1 aliphatic carbocycles. The number of hydrogen-bond donors (Lipinski definition) is 3. The van der Waals surface area contributed by atoms with E-state index in [1.165, 1.54) is 23.9 Å². The predicted octanol–water partition coefficient (Wildman–Crippen LogP) is 1.48. The van der Waals surface area contributed by atoms with Crippen LogP contribution in [0.2, 0.25) is 0 Å². The SMILES string of the molecule is NC(=O)c1cnn2c1NC[C@H](CNCC1(c3ccc(F)cc3)CC1)C2. The van der Waals surface area contributed by atoms with Gasteiger partial charge in [-0.05, 0) is 30.5 Å². The standard InChI is InChI=1S/C18H22FN5O/c19-14-3-1-13(2-4-14)18(5-6-18)11-21-7-12-8-22-17-15(16(20)25)9-23-24(17)10-12/h1-4,9,12,21-22H,5-8,10-11H2,(H2,20,25)/t12-/m0/s1. The summed E-state index contributed by atoms with van der Waals surface area (Å²) in [6.45, 7) is 3.30. The lowest BCUT2D eigenvalue weighted by Crippen LogP contribution is -2.38. The highest BCUT2D eigenvalue weighted by Crippen LogP contribution is 2.47. The summed E-state index contributed by atoms with van der Waals surface area (Å²) in [5.74, 6) is 0.456. The average molecular weight is 343 g/mol. The molecule has 25 heavy (non-hydrogen) atoms. The Kier molecular flexibility index (Phi) is 3.95. The van der Waals surface area contributed by atoms with Crippen molar-refractivity contribution in [3.05, 3.63) is 47.4 Å². The van der Waals surface area contributed by atoms with Crippen molar-refractivity contribution in [2.75, 3.05) is 25.0 Å². The summed E-state index contributed by atoms with van der Waals surface area (Å²) in [6, 6.07) is 6.87. The Hall–Kier alpha value is -2.41. The van der Waals surface area contributed by atoms with Crippen molar-refractivity contribution >= 4 is 11.7 Å². The minimum absolute atomic E-state index is 0.159. The molecule has 4 rings (SSSR count). The molecule has 1 amide bonds. The number of nitrogens with one attached hydrogen (secondary N) is 2. The summed E-state index contributed by atoms with van der Waals surface area (Å²) >= 11 is 0. The molecule has 1 aliphatic heterocycles. The minimum Gasteiger partial charge on any atom is -0.369 e. The van der Waals surface area contributed by atoms with Gasteiger partial charge in [0.1, 0.15) is 17.2 Å². The van der Waals surface area contributed by atoms with Crippen molar-refractivity contribution in [3.63, 3.8) is 0 Å². The number of carbonyl (C=O) groups excluding carboxylic acids is 1. The molecule has 1 atom stereocenters. The van der Waals surface area contributed by atoms with E-state index in [1.54, 1.807) is 0 Å². The summed E-state index contributed by atoms with van der Waals surface area (Å²) < 4.78 is 14.9. The molecule has 0 unspecified atom stereocenters. The van der Waals surface area contributed by atoms with E-state index in [0.717, 1.165) is 39.0 Å². The summed E-state index contributed by atoms with van der Waals surface area (Å²) in [7, 11) is 0. The number of anilines is 1. The zero-order valence-electron chi connectivity index (χ0n) is 14.0. The molecule has 2 aliphatic rings. The number of aromatic nitrogens is 2. The van der Waals surface area contributed by atoms with Crippen LogP contribution in [0.3, 0.4) is 0 Å². The number of fused-ring (bicyclic) bond motifs is 1. The van der Waals surface area contributed by atoms with E-state index in [9.17, 15) is 9.18 Å². The molecule has 0 spiro atoms. The van der Waals surface area contributed by atoms with Gasteiger partial charge in [-0.3, -0.25) is 4.79 Å². The van der Waals surface area contributed by atoms with Crippen LogP contribution in [-0.4, -0.2) is 35.3 Å². The fourth-order valence-electron chi connectivity index (χ4n) is 3.61. The van der Waals surface area contributed by atoms with Crippen LogP contribution in [-0.2, 0) is 12.0 Å². The molecule has 1 fully saturated rings. The van der Waals surface area contributed by atoms with Crippen LogP contribution < -0.4 is 16.4 Å². The van der Waals surface area contributed by atoms with Gasteiger partial charge in [0, 0.05) is 37.5 Å². The van der Waals surface area contributed by atoms with Gasteiger partial charge in [0.05, 0.1) is 6.20 Å². The first-order chi connectivity index (χ1) is 12.1. The normalized spacial score (nSPS) is 20.6. The molecule has 0 bridgehead atoms. The number of nitrogens with zero attached hydrogens (tertiary/aromatic N) is 2. The molecule has 1 saturated carbocycles. The Morgan fingerprint density at radius 2 is 2.16 bits per heavy atom. The first kappa shape index (κ1) is 16.1. The zero-order chi connectivity index (χ0) is 17.4. The van der Waals surface area contributed by atoms with E-state index >= 15 is 0 Å². The van der Waals surface area contributed by atoms with E-state index in [1.807, 2.05) is 16.8 Å². The summed E-state index contributed by atoms with van der Waals surface area (Å²) in [5, 5.41) is 11.1. The highest BCUT2D eigenvalue weighted by Gasteiger charge is 2.43. The third-order valence-corrected chi connectivity index (χ3v) is 5.30. The first-order valence-electron chi connectivity index (χ1n) is 8.64. The van der Waals surface area contributed by atoms with Gasteiger partial charge in [0.2, 0.25) is 0 Å². The quantitative estimate of drug-likeness (QED) is 0.742. The number of amides is 1. The molecule has 6 nitrogen and oxygen atoms in total. The second-order valence-corrected chi connectivity index (χ2v) is 7.12. The van der Waals surface area contributed by atoms with Crippen molar-refractivity contribution in [1.82, 2.24) is 15.1 Å². The molecule has 7 heteroatoms. The molecular weight excluding hydrogens is 321 g/mol. The van der Waals surface area contributed by atoms with Crippen LogP contribution in [0.4, 0.5) is 10.2 Å². The van der Waals surface area contributed by atoms with Crippen molar-refractivity contribution < 1.29 is 9.18 Å². The molecule has 1 aromatic heterocycles. The Morgan fingerprint density at radius 3 is 2.84 bits per heavy atom. The zero-order valence-corrected chi connectivity index (χ0v) is 14.0. The van der Waals surface area contributed by atoms with Gasteiger partial charge in [0.15, 0.2) is 0 Å². The third-order valence-electron chi connectivity index (χ3n) is 5.30. The molecule has 0 saturated heterocycles. The van der Waals surface area contributed by atoms with Crippen LogP contribution in [0, 0.1) is 11.7 Å². The highest BCUT2D eigenvalue weighted by molar-refractivity contribution is 5.97. The van der Waals surface area contributed by atoms with Crippen molar-refractivity contribution in [2.45, 2.75) is 24.8 Å². The molecule has 0 radical (unpaired) electrons. The average Bonchev–Trinajstić information content (AvgIpc) is 3.26. The molecule has 4 N–H and O–H groups in total. The number of rotatable bonds is 6. The monoisotopic (exact) mass is 343 g/mol. The number of nitrogens with two attached hydrogens (primary N) is 1. The lowest BCUT2D eigenvalue weighted by atomic mass is 9.95. The second kappa shape index (κ2) is 6.15. The van der Waals surface area contributed by atoms with Gasteiger partial charge in [-0.25, -0.2) is 9.07 Å². The highest BCUT2D eigenvalue weighted by atomic mass is 19.1. The van der Waals surface area contributed by atoms with Crippen LogP contribution >= 0.6 is 0 Å². The van der Waals surface area contributed by atoms with Gasteiger partial charge in [-0.15, -0.1) is 0 Å². The number of benzene rings is 1. The molecular formula is C18H22FN5O. The topological polar surface area (TPSA) is 85.0 Å². The number of carbonyl (C=O) groups is 1. The lowest BCUT2D eigenvalue weighted by molar-refractivity contribution is 0.100. The van der Waals surface area contributed by atoms with E-state index in [0.29, 0.717) is 17.3 Å². The van der Waals surface area contributed by atoms with Crippen molar-refractivity contribution in [2.24, 2.45) is 11.7 Å². The predicted molar refractivity (Wildman–Crippen MR) is 92.9 cm³/mol. The van der Waals surface area contributed by atoms with Crippen LogP contribution in [0.15, 0.2) is 30.5 Å². The van der Waals surface area contributed by atoms with Gasteiger partial charge in [0.25, 0.3) is 5.91 Å². The maximum atomic E-state index is 13.1. The van der Waals surface area contributed by atoms with Crippen LogP contribution in [0.25, 0.3) is 0 Å².